The number of hydrogen-bond acceptors (Lipinski definition) is 7. The zero-order valence-electron chi connectivity index (χ0n) is 18.9. The molecule has 0 aliphatic rings. The molecule has 0 spiro atoms. The molecule has 0 unspecified atom stereocenters. The van der Waals surface area contributed by atoms with Gasteiger partial charge in [0.15, 0.2) is 5.82 Å². The quantitative estimate of drug-likeness (QED) is 0.488. The molecule has 0 saturated carbocycles. The zero-order chi connectivity index (χ0) is 25.2. The van der Waals surface area contributed by atoms with Gasteiger partial charge in [0.05, 0.1) is 5.56 Å². The molecule has 0 aliphatic heterocycles. The molecule has 1 aromatic heterocycles. The highest BCUT2D eigenvalue weighted by molar-refractivity contribution is 6.30. The molecule has 8 nitrogen and oxygen atoms in total. The number of halogens is 4. The number of carbonyl (C=O) groups is 2. The minimum Gasteiger partial charge on any atom is -0.443 e. The molecule has 0 radical (unpaired) electrons. The molecule has 2 aromatic rings. The summed E-state index contributed by atoms with van der Waals surface area (Å²) < 4.78 is 48.9. The predicted molar refractivity (Wildman–Crippen MR) is 117 cm³/mol. The third kappa shape index (κ3) is 8.08. The minimum absolute atomic E-state index is 0.147. The molecule has 180 valence electrons. The Balaban J connectivity index is 2.41. The molecular formula is C21H24ClF3N4O4. The Hall–Kier alpha value is -3.08. The van der Waals surface area contributed by atoms with Crippen molar-refractivity contribution >= 4 is 41.2 Å². The van der Waals surface area contributed by atoms with E-state index in [4.69, 9.17) is 21.1 Å². The normalized spacial score (nSPS) is 12.2. The highest BCUT2D eigenvalue weighted by atomic mass is 35.5. The predicted octanol–water partition coefficient (Wildman–Crippen LogP) is 6.57. The van der Waals surface area contributed by atoms with Gasteiger partial charge in [-0.15, -0.1) is 0 Å². The molecule has 1 aromatic carbocycles. The summed E-state index contributed by atoms with van der Waals surface area (Å²) in [6.07, 6.45) is -6.61. The van der Waals surface area contributed by atoms with Crippen LogP contribution in [0.25, 0.3) is 0 Å². The van der Waals surface area contributed by atoms with E-state index >= 15 is 0 Å². The molecule has 12 heteroatoms. The van der Waals surface area contributed by atoms with Gasteiger partial charge >= 0.3 is 18.4 Å². The van der Waals surface area contributed by atoms with Crippen LogP contribution in [-0.2, 0) is 15.7 Å². The van der Waals surface area contributed by atoms with E-state index in [9.17, 15) is 22.8 Å². The number of nitrogens with one attached hydrogen (secondary N) is 1. The molecule has 1 heterocycles. The van der Waals surface area contributed by atoms with Crippen LogP contribution >= 0.6 is 11.6 Å². The van der Waals surface area contributed by atoms with E-state index in [0.29, 0.717) is 4.90 Å². The molecule has 2 rings (SSSR count). The summed E-state index contributed by atoms with van der Waals surface area (Å²) in [5, 5.41) is 2.54. The first-order valence-corrected chi connectivity index (χ1v) is 10.1. The second-order valence-corrected chi connectivity index (χ2v) is 9.26. The van der Waals surface area contributed by atoms with Crippen LogP contribution in [0.15, 0.2) is 30.3 Å². The van der Waals surface area contributed by atoms with Crippen LogP contribution in [0, 0.1) is 0 Å². The molecule has 0 atom stereocenters. The number of benzene rings is 1. The van der Waals surface area contributed by atoms with Crippen molar-refractivity contribution in [1.29, 1.82) is 0 Å². The van der Waals surface area contributed by atoms with Crippen LogP contribution in [0.4, 0.5) is 40.2 Å². The van der Waals surface area contributed by atoms with Gasteiger partial charge in [-0.2, -0.15) is 23.1 Å². The van der Waals surface area contributed by atoms with Gasteiger partial charge in [-0.1, -0.05) is 11.6 Å². The van der Waals surface area contributed by atoms with Gasteiger partial charge in [0.1, 0.15) is 16.4 Å². The Morgan fingerprint density at radius 2 is 1.39 bits per heavy atom. The lowest BCUT2D eigenvalue weighted by atomic mass is 10.2. The van der Waals surface area contributed by atoms with Crippen LogP contribution in [0.1, 0.15) is 47.1 Å². The second-order valence-electron chi connectivity index (χ2n) is 8.87. The number of alkyl halides is 3. The van der Waals surface area contributed by atoms with Gasteiger partial charge in [0, 0.05) is 11.8 Å². The van der Waals surface area contributed by atoms with Crippen LogP contribution in [-0.4, -0.2) is 33.4 Å². The summed E-state index contributed by atoms with van der Waals surface area (Å²) in [6, 6.07) is 5.24. The number of amides is 2. The Morgan fingerprint density at radius 3 is 1.82 bits per heavy atom. The van der Waals surface area contributed by atoms with Crippen LogP contribution < -0.4 is 10.2 Å². The maximum Gasteiger partial charge on any atom is 0.425 e. The number of anilines is 3. The highest BCUT2D eigenvalue weighted by Crippen LogP contribution is 2.30. The summed E-state index contributed by atoms with van der Waals surface area (Å²) in [7, 11) is 0. The van der Waals surface area contributed by atoms with Crippen molar-refractivity contribution in [2.45, 2.75) is 58.9 Å². The van der Waals surface area contributed by atoms with Crippen molar-refractivity contribution in [2.24, 2.45) is 0 Å². The molecule has 1 N–H and O–H groups in total. The smallest absolute Gasteiger partial charge is 0.425 e. The van der Waals surface area contributed by atoms with Crippen molar-refractivity contribution in [2.75, 3.05) is 10.2 Å². The lowest BCUT2D eigenvalue weighted by Crippen LogP contribution is -2.44. The third-order valence-corrected chi connectivity index (χ3v) is 3.72. The number of imide groups is 1. The molecule has 0 aliphatic carbocycles. The highest BCUT2D eigenvalue weighted by Gasteiger charge is 2.34. The SMILES string of the molecule is CC(C)(C)OC(=O)N(C(=O)OC(C)(C)C)c1cc(Cl)nc(Nc2ccc(C(F)(F)F)cc2)n1. The molecule has 0 fully saturated rings. The Kier molecular flexibility index (Phi) is 7.47. The summed E-state index contributed by atoms with van der Waals surface area (Å²) in [5.74, 6) is -0.428. The first-order chi connectivity index (χ1) is 14.9. The molecular weight excluding hydrogens is 465 g/mol. The van der Waals surface area contributed by atoms with E-state index in [1.807, 2.05) is 0 Å². The second kappa shape index (κ2) is 9.42. The lowest BCUT2D eigenvalue weighted by Gasteiger charge is -2.28. The van der Waals surface area contributed by atoms with Gasteiger partial charge in [-0.25, -0.2) is 14.6 Å². The van der Waals surface area contributed by atoms with Crippen LogP contribution in [0.3, 0.4) is 0 Å². The van der Waals surface area contributed by atoms with Crippen LogP contribution in [0.5, 0.6) is 0 Å². The van der Waals surface area contributed by atoms with Gasteiger partial charge in [-0.05, 0) is 65.8 Å². The number of aromatic nitrogens is 2. The maximum atomic E-state index is 12.8. The number of hydrogen-bond donors (Lipinski definition) is 1. The lowest BCUT2D eigenvalue weighted by molar-refractivity contribution is -0.137. The van der Waals surface area contributed by atoms with Gasteiger partial charge in [0.25, 0.3) is 0 Å². The van der Waals surface area contributed by atoms with Gasteiger partial charge in [-0.3, -0.25) is 0 Å². The molecule has 2 amide bonds. The third-order valence-electron chi connectivity index (χ3n) is 3.53. The van der Waals surface area contributed by atoms with Crippen LogP contribution in [0.2, 0.25) is 5.15 Å². The van der Waals surface area contributed by atoms with Crippen molar-refractivity contribution in [3.8, 4) is 0 Å². The first-order valence-electron chi connectivity index (χ1n) is 9.69. The average Bonchev–Trinajstić information content (AvgIpc) is 2.57. The Bertz CT molecular complexity index is 988. The largest absolute Gasteiger partial charge is 0.443 e. The molecule has 0 saturated heterocycles. The topological polar surface area (TPSA) is 93.7 Å². The minimum atomic E-state index is -4.49. The van der Waals surface area contributed by atoms with E-state index in [1.54, 1.807) is 41.5 Å². The van der Waals surface area contributed by atoms with Crippen molar-refractivity contribution in [1.82, 2.24) is 9.97 Å². The summed E-state index contributed by atoms with van der Waals surface area (Å²) in [6.45, 7) is 9.68. The fourth-order valence-corrected chi connectivity index (χ4v) is 2.50. The monoisotopic (exact) mass is 488 g/mol. The fourth-order valence-electron chi connectivity index (χ4n) is 2.32. The average molecular weight is 489 g/mol. The maximum absolute atomic E-state index is 12.8. The number of ether oxygens (including phenoxy) is 2. The summed E-state index contributed by atoms with van der Waals surface area (Å²) in [4.78, 5) is 34.1. The van der Waals surface area contributed by atoms with E-state index in [1.165, 1.54) is 12.1 Å². The van der Waals surface area contributed by atoms with Gasteiger partial charge in [0.2, 0.25) is 5.95 Å². The Morgan fingerprint density at radius 1 is 0.909 bits per heavy atom. The van der Waals surface area contributed by atoms with Crippen molar-refractivity contribution < 1.29 is 32.2 Å². The van der Waals surface area contributed by atoms with Gasteiger partial charge < -0.3 is 14.8 Å². The molecule has 0 bridgehead atoms. The summed E-state index contributed by atoms with van der Waals surface area (Å²) in [5.41, 5.74) is -2.48. The number of carbonyl (C=O) groups excluding carboxylic acids is 2. The van der Waals surface area contributed by atoms with E-state index in [0.717, 1.165) is 18.2 Å². The number of nitrogens with zero attached hydrogens (tertiary/aromatic N) is 3. The number of rotatable bonds is 3. The van der Waals surface area contributed by atoms with E-state index < -0.39 is 35.1 Å². The van der Waals surface area contributed by atoms with E-state index in [-0.39, 0.29) is 22.6 Å². The Labute approximate surface area is 194 Å². The van der Waals surface area contributed by atoms with Crippen molar-refractivity contribution in [3.05, 3.63) is 41.0 Å². The first kappa shape index (κ1) is 26.2. The standard InChI is InChI=1S/C21H24ClF3N4O4/c1-19(2,3)32-17(30)29(18(31)33-20(4,5)6)15-11-14(22)27-16(28-15)26-13-9-7-12(8-10-13)21(23,24)25/h7-11H,1-6H3,(H,26,27,28). The zero-order valence-corrected chi connectivity index (χ0v) is 19.6. The van der Waals surface area contributed by atoms with E-state index in [2.05, 4.69) is 15.3 Å². The molecule has 33 heavy (non-hydrogen) atoms. The summed E-state index contributed by atoms with van der Waals surface area (Å²) >= 11 is 6.05. The van der Waals surface area contributed by atoms with Crippen molar-refractivity contribution in [3.63, 3.8) is 0 Å². The fraction of sp³-hybridized carbons (Fsp3) is 0.429.